The van der Waals surface area contributed by atoms with Crippen molar-refractivity contribution in [3.05, 3.63) is 164 Å². The number of benzene rings is 9. The van der Waals surface area contributed by atoms with Gasteiger partial charge in [-0.25, -0.2) is 15.0 Å². The van der Waals surface area contributed by atoms with Crippen LogP contribution in [0.1, 0.15) is 0 Å². The van der Waals surface area contributed by atoms with E-state index in [0.29, 0.717) is 17.5 Å². The van der Waals surface area contributed by atoms with Gasteiger partial charge in [0.15, 0.2) is 17.5 Å². The first-order valence-electron chi connectivity index (χ1n) is 17.2. The van der Waals surface area contributed by atoms with Crippen LogP contribution in [0, 0.1) is 0 Å². The molecule has 0 aliphatic rings. The molecule has 9 aromatic carbocycles. The van der Waals surface area contributed by atoms with Crippen LogP contribution in [0.5, 0.6) is 0 Å². The highest BCUT2D eigenvalue weighted by Crippen LogP contribution is 2.46. The van der Waals surface area contributed by atoms with Crippen molar-refractivity contribution in [3.8, 4) is 45.3 Å². The Morgan fingerprint density at radius 1 is 0.314 bits per heavy atom. The van der Waals surface area contributed by atoms with E-state index in [4.69, 9.17) is 19.4 Å². The number of hydrogen-bond acceptors (Lipinski definition) is 4. The lowest BCUT2D eigenvalue weighted by Crippen LogP contribution is -2.00. The van der Waals surface area contributed by atoms with Gasteiger partial charge in [-0.15, -0.1) is 0 Å². The topological polar surface area (TPSA) is 51.8 Å². The molecule has 0 aliphatic carbocycles. The van der Waals surface area contributed by atoms with Gasteiger partial charge in [0.05, 0.1) is 0 Å². The summed E-state index contributed by atoms with van der Waals surface area (Å²) < 4.78 is 6.48. The molecule has 11 aromatic rings. The summed E-state index contributed by atoms with van der Waals surface area (Å²) in [6, 6.07) is 57.4. The van der Waals surface area contributed by atoms with Crippen LogP contribution in [0.25, 0.3) is 110 Å². The van der Waals surface area contributed by atoms with Gasteiger partial charge in [-0.2, -0.15) is 0 Å². The average Bonchev–Trinajstić information content (AvgIpc) is 3.58. The molecule has 0 aliphatic heterocycles. The Balaban J connectivity index is 1.15. The Labute approximate surface area is 292 Å². The predicted octanol–water partition coefficient (Wildman–Crippen LogP) is 12.5. The SMILES string of the molecule is c1ccc(-c2nc(-c3ccccc3)nc(-c3ccc(-c4ccc5c(c4)c4cccc6oc7cc8ccccc8c5c7c64)c4ccccc34)n2)cc1. The molecule has 0 atom stereocenters. The molecule has 0 amide bonds. The molecule has 51 heavy (non-hydrogen) atoms. The number of nitrogens with zero attached hydrogens (tertiary/aromatic N) is 3. The van der Waals surface area contributed by atoms with Gasteiger partial charge in [0.25, 0.3) is 0 Å². The van der Waals surface area contributed by atoms with Gasteiger partial charge in [-0.1, -0.05) is 140 Å². The van der Waals surface area contributed by atoms with E-state index in [1.165, 1.54) is 43.1 Å². The normalized spacial score (nSPS) is 11.9. The van der Waals surface area contributed by atoms with E-state index in [9.17, 15) is 0 Å². The molecule has 0 unspecified atom stereocenters. The fourth-order valence-corrected chi connectivity index (χ4v) is 7.97. The number of hydrogen-bond donors (Lipinski definition) is 0. The van der Waals surface area contributed by atoms with Crippen LogP contribution >= 0.6 is 0 Å². The van der Waals surface area contributed by atoms with Crippen LogP contribution in [0.15, 0.2) is 168 Å². The first kappa shape index (κ1) is 28.0. The Hall–Kier alpha value is -6.91. The minimum absolute atomic E-state index is 0.648. The Bertz CT molecular complexity index is 3070. The van der Waals surface area contributed by atoms with E-state index in [1.807, 2.05) is 60.7 Å². The monoisotopic (exact) mass is 649 g/mol. The number of fused-ring (bicyclic) bond motifs is 6. The lowest BCUT2D eigenvalue weighted by Gasteiger charge is -2.15. The van der Waals surface area contributed by atoms with E-state index in [0.717, 1.165) is 49.8 Å². The number of rotatable bonds is 4. The predicted molar refractivity (Wildman–Crippen MR) is 210 cm³/mol. The standard InChI is InChI=1S/C47H27N3O/c1-3-12-28(13-4-1)45-48-46(29-14-5-2-6-15-29)50-47(49-45)38-25-24-32(34-18-9-10-19-35(34)38)31-22-23-37-39(26-31)36-20-11-21-40-43(36)44-41(51-40)27-30-16-7-8-17-33(30)42(37)44/h1-27H. The summed E-state index contributed by atoms with van der Waals surface area (Å²) in [5.74, 6) is 1.95. The smallest absolute Gasteiger partial charge is 0.164 e. The zero-order valence-corrected chi connectivity index (χ0v) is 27.3. The molecular formula is C47H27N3O. The largest absolute Gasteiger partial charge is 0.456 e. The van der Waals surface area contributed by atoms with Crippen molar-refractivity contribution in [1.82, 2.24) is 15.0 Å². The van der Waals surface area contributed by atoms with Crippen molar-refractivity contribution in [1.29, 1.82) is 0 Å². The maximum atomic E-state index is 6.48. The van der Waals surface area contributed by atoms with Gasteiger partial charge in [-0.3, -0.25) is 0 Å². The molecule has 2 aromatic heterocycles. The maximum absolute atomic E-state index is 6.48. The second kappa shape index (κ2) is 10.8. The highest BCUT2D eigenvalue weighted by Gasteiger charge is 2.21. The van der Waals surface area contributed by atoms with Gasteiger partial charge >= 0.3 is 0 Å². The molecule has 11 rings (SSSR count). The van der Waals surface area contributed by atoms with E-state index in [2.05, 4.69) is 103 Å². The first-order chi connectivity index (χ1) is 25.3. The Morgan fingerprint density at radius 2 is 0.902 bits per heavy atom. The van der Waals surface area contributed by atoms with Gasteiger partial charge in [0.1, 0.15) is 11.2 Å². The molecule has 0 N–H and O–H groups in total. The second-order valence-electron chi connectivity index (χ2n) is 13.1. The molecule has 2 heterocycles. The third kappa shape index (κ3) is 4.23. The molecule has 0 radical (unpaired) electrons. The lowest BCUT2D eigenvalue weighted by atomic mass is 9.88. The number of aromatic nitrogens is 3. The van der Waals surface area contributed by atoms with Gasteiger partial charge in [0.2, 0.25) is 0 Å². The van der Waals surface area contributed by atoms with Crippen molar-refractivity contribution in [2.45, 2.75) is 0 Å². The molecule has 0 saturated carbocycles. The van der Waals surface area contributed by atoms with Gasteiger partial charge < -0.3 is 4.42 Å². The van der Waals surface area contributed by atoms with E-state index < -0.39 is 0 Å². The summed E-state index contributed by atoms with van der Waals surface area (Å²) in [5, 5.41) is 12.0. The van der Waals surface area contributed by atoms with Crippen LogP contribution < -0.4 is 0 Å². The van der Waals surface area contributed by atoms with Gasteiger partial charge in [0, 0.05) is 32.8 Å². The molecule has 0 fully saturated rings. The summed E-state index contributed by atoms with van der Waals surface area (Å²) in [5.41, 5.74) is 7.04. The van der Waals surface area contributed by atoms with Crippen molar-refractivity contribution in [2.24, 2.45) is 0 Å². The van der Waals surface area contributed by atoms with Crippen LogP contribution in [0.4, 0.5) is 0 Å². The Kier molecular flexibility index (Phi) is 5.92. The quantitative estimate of drug-likeness (QED) is 0.178. The average molecular weight is 650 g/mol. The van der Waals surface area contributed by atoms with Gasteiger partial charge in [-0.05, 0) is 73.1 Å². The van der Waals surface area contributed by atoms with Crippen molar-refractivity contribution >= 4 is 65.0 Å². The minimum atomic E-state index is 0.648. The molecule has 0 saturated heterocycles. The molecular weight excluding hydrogens is 623 g/mol. The lowest BCUT2D eigenvalue weighted by molar-refractivity contribution is 0.670. The van der Waals surface area contributed by atoms with Crippen molar-refractivity contribution < 1.29 is 4.42 Å². The van der Waals surface area contributed by atoms with E-state index in [-0.39, 0.29) is 0 Å². The number of furan rings is 1. The van der Waals surface area contributed by atoms with Crippen LogP contribution in [0.2, 0.25) is 0 Å². The van der Waals surface area contributed by atoms with Crippen LogP contribution in [-0.4, -0.2) is 15.0 Å². The summed E-state index contributed by atoms with van der Waals surface area (Å²) in [4.78, 5) is 15.0. The molecule has 4 nitrogen and oxygen atoms in total. The Morgan fingerprint density at radius 3 is 1.65 bits per heavy atom. The minimum Gasteiger partial charge on any atom is -0.456 e. The van der Waals surface area contributed by atoms with Crippen molar-refractivity contribution in [2.75, 3.05) is 0 Å². The fourth-order valence-electron chi connectivity index (χ4n) is 7.97. The van der Waals surface area contributed by atoms with E-state index >= 15 is 0 Å². The molecule has 4 heteroatoms. The van der Waals surface area contributed by atoms with E-state index in [1.54, 1.807) is 0 Å². The summed E-state index contributed by atoms with van der Waals surface area (Å²) in [6.45, 7) is 0. The van der Waals surface area contributed by atoms with Crippen LogP contribution in [0.3, 0.4) is 0 Å². The first-order valence-corrected chi connectivity index (χ1v) is 17.2. The van der Waals surface area contributed by atoms with Crippen molar-refractivity contribution in [3.63, 3.8) is 0 Å². The molecule has 236 valence electrons. The molecule has 0 spiro atoms. The van der Waals surface area contributed by atoms with Crippen LogP contribution in [-0.2, 0) is 0 Å². The highest BCUT2D eigenvalue weighted by atomic mass is 16.3. The molecule has 0 bridgehead atoms. The fraction of sp³-hybridized carbons (Fsp3) is 0. The zero-order valence-electron chi connectivity index (χ0n) is 27.3. The summed E-state index contributed by atoms with van der Waals surface area (Å²) in [6.07, 6.45) is 0. The summed E-state index contributed by atoms with van der Waals surface area (Å²) >= 11 is 0. The highest BCUT2D eigenvalue weighted by molar-refractivity contribution is 6.38. The summed E-state index contributed by atoms with van der Waals surface area (Å²) in [7, 11) is 0. The maximum Gasteiger partial charge on any atom is 0.164 e. The third-order valence-corrected chi connectivity index (χ3v) is 10.3. The third-order valence-electron chi connectivity index (χ3n) is 10.3. The second-order valence-corrected chi connectivity index (χ2v) is 13.1. The zero-order chi connectivity index (χ0) is 33.5.